The van der Waals surface area contributed by atoms with E-state index in [-0.39, 0.29) is 36.9 Å². The number of ether oxygens (including phenoxy) is 4. The van der Waals surface area contributed by atoms with Crippen molar-refractivity contribution in [3.8, 4) is 22.3 Å². The van der Waals surface area contributed by atoms with Crippen molar-refractivity contribution in [2.45, 2.75) is 125 Å². The Morgan fingerprint density at radius 1 is 0.538 bits per heavy atom. The van der Waals surface area contributed by atoms with Crippen LogP contribution in [0, 0.1) is 0 Å². The zero-order valence-corrected chi connectivity index (χ0v) is 53.1. The number of ketones is 1. The van der Waals surface area contributed by atoms with Crippen molar-refractivity contribution in [2.24, 2.45) is 0 Å². The molecule has 24 nitrogen and oxygen atoms in total. The Morgan fingerprint density at radius 3 is 1.42 bits per heavy atom. The van der Waals surface area contributed by atoms with Gasteiger partial charge in [0.25, 0.3) is 23.5 Å². The van der Waals surface area contributed by atoms with Gasteiger partial charge in [-0.1, -0.05) is 97.1 Å². The molecule has 0 saturated carbocycles. The normalized spacial score (nSPS) is 22.4. The Morgan fingerprint density at radius 2 is 0.946 bits per heavy atom. The van der Waals surface area contributed by atoms with Crippen LogP contribution in [-0.4, -0.2) is 212 Å². The molecule has 12 atom stereocenters. The maximum Gasteiger partial charge on any atom is 0.364 e. The van der Waals surface area contributed by atoms with Crippen LogP contribution in [0.2, 0.25) is 0 Å². The van der Waals surface area contributed by atoms with Crippen molar-refractivity contribution in [2.75, 3.05) is 55.9 Å². The van der Waals surface area contributed by atoms with Gasteiger partial charge < -0.3 is 81.3 Å². The fourth-order valence-electron chi connectivity index (χ4n) is 10.6. The van der Waals surface area contributed by atoms with Gasteiger partial charge >= 0.3 is 5.97 Å². The number of carbonyl (C=O) groups excluding carboxylic acids is 7. The zero-order chi connectivity index (χ0) is 67.1. The topological polar surface area (TPSA) is 375 Å². The minimum atomic E-state index is -2.47. The quantitative estimate of drug-likeness (QED) is 0.0157. The Bertz CT molecular complexity index is 3270. The summed E-state index contributed by atoms with van der Waals surface area (Å²) in [4.78, 5) is 101. The molecule has 2 saturated heterocycles. The first-order chi connectivity index (χ1) is 44.6. The minimum Gasteiger partial charge on any atom is -0.477 e. The highest BCUT2D eigenvalue weighted by atomic mass is 32.2. The van der Waals surface area contributed by atoms with Crippen molar-refractivity contribution in [3.05, 3.63) is 156 Å². The summed E-state index contributed by atoms with van der Waals surface area (Å²) in [7, 11) is 0. The summed E-state index contributed by atoms with van der Waals surface area (Å²) >= 11 is 2.98. The second-order valence-corrected chi connectivity index (χ2v) is 25.0. The molecule has 0 aliphatic carbocycles. The van der Waals surface area contributed by atoms with Crippen molar-refractivity contribution in [3.63, 3.8) is 0 Å². The van der Waals surface area contributed by atoms with Crippen LogP contribution in [0.5, 0.6) is 0 Å². The molecule has 5 aromatic carbocycles. The van der Waals surface area contributed by atoms with Gasteiger partial charge in [-0.05, 0) is 95.2 Å². The fraction of sp³-hybridized carbons (Fsp3) is 0.433. The summed E-state index contributed by atoms with van der Waals surface area (Å²) in [5, 5.41) is 90.2. The number of aldehydes is 1. The maximum absolute atomic E-state index is 13.0. The molecule has 2 fully saturated rings. The third-order valence-corrected chi connectivity index (χ3v) is 17.8. The fourth-order valence-corrected chi connectivity index (χ4v) is 12.3. The van der Waals surface area contributed by atoms with Crippen molar-refractivity contribution in [1.82, 2.24) is 26.6 Å². The lowest BCUT2D eigenvalue weighted by atomic mass is 9.88. The highest BCUT2D eigenvalue weighted by Gasteiger charge is 2.56. The van der Waals surface area contributed by atoms with Gasteiger partial charge in [0.1, 0.15) is 24.4 Å². The molecule has 0 spiro atoms. The van der Waals surface area contributed by atoms with E-state index in [2.05, 4.69) is 26.6 Å². The van der Waals surface area contributed by atoms with Crippen molar-refractivity contribution < 1.29 is 93.0 Å². The number of carboxylic acid groups (broad SMARTS) is 1. The van der Waals surface area contributed by atoms with Crippen LogP contribution in [0.1, 0.15) is 93.8 Å². The average molecular weight is 1320 g/mol. The lowest BCUT2D eigenvalue weighted by molar-refractivity contribution is -0.310. The molecule has 0 unspecified atom stereocenters. The minimum absolute atomic E-state index is 0.0199. The summed E-state index contributed by atoms with van der Waals surface area (Å²) in [6.07, 6.45) is -12.6. The number of rotatable bonds is 35. The maximum atomic E-state index is 13.0. The molecule has 0 radical (unpaired) electrons. The molecular formula is C67H81N5O19S2. The number of hydrogen-bond donors (Lipinski definition) is 12. The number of benzene rings is 5. The molecule has 2 aliphatic heterocycles. The molecule has 12 N–H and O–H groups in total. The SMILES string of the molecule is CC(=O)N[C@H]1[C@H]([C@H](O)[C@H](O)CNC(=O)c2ccc(-c3ccccc3)cc2)O[C@](C=O)(OCCCSCCNC(=O)c2ccc(C(=O)CCCSCCCO[C@]3(C(=O)O)C[C@H](O)[C@@H](NC(C)=O)[C@H]([C@H](O)[C@H](O)CNC(=O)c4ccc(-c5ccccc5)cc4)O3)cc2)C[C@@H]1O. The van der Waals surface area contributed by atoms with E-state index in [1.165, 1.54) is 30.4 Å². The van der Waals surface area contributed by atoms with Gasteiger partial charge in [0.05, 0.1) is 49.7 Å². The second kappa shape index (κ2) is 35.7. The third-order valence-electron chi connectivity index (χ3n) is 15.6. The van der Waals surface area contributed by atoms with Crippen LogP contribution in [0.4, 0.5) is 0 Å². The molecule has 500 valence electrons. The number of amides is 5. The van der Waals surface area contributed by atoms with E-state index in [0.29, 0.717) is 71.8 Å². The lowest BCUT2D eigenvalue weighted by Gasteiger charge is -2.46. The van der Waals surface area contributed by atoms with Crippen LogP contribution in [0.15, 0.2) is 133 Å². The Labute approximate surface area is 546 Å². The number of aliphatic hydroxyl groups excluding tert-OH is 6. The number of aliphatic hydroxyl groups is 6. The number of thioether (sulfide) groups is 2. The summed E-state index contributed by atoms with van der Waals surface area (Å²) < 4.78 is 23.4. The van der Waals surface area contributed by atoms with Crippen LogP contribution >= 0.6 is 23.5 Å². The van der Waals surface area contributed by atoms with Crippen LogP contribution in [0.3, 0.4) is 0 Å². The Balaban J connectivity index is 0.765. The van der Waals surface area contributed by atoms with Gasteiger partial charge in [-0.25, -0.2) is 4.79 Å². The van der Waals surface area contributed by atoms with Gasteiger partial charge in [0.2, 0.25) is 17.6 Å². The van der Waals surface area contributed by atoms with Gasteiger partial charge in [-0.15, -0.1) is 0 Å². The highest BCUT2D eigenvalue weighted by molar-refractivity contribution is 7.99. The molecular weight excluding hydrogens is 1240 g/mol. The summed E-state index contributed by atoms with van der Waals surface area (Å²) in [6.45, 7) is 1.54. The lowest BCUT2D eigenvalue weighted by Crippen LogP contribution is -2.68. The van der Waals surface area contributed by atoms with Crippen LogP contribution < -0.4 is 26.6 Å². The number of carbonyl (C=O) groups is 8. The predicted molar refractivity (Wildman–Crippen MR) is 346 cm³/mol. The van der Waals surface area contributed by atoms with E-state index < -0.39 is 128 Å². The number of carboxylic acids is 1. The molecule has 2 heterocycles. The molecule has 5 amide bonds. The van der Waals surface area contributed by atoms with E-state index in [4.69, 9.17) is 18.9 Å². The predicted octanol–water partition coefficient (Wildman–Crippen LogP) is 3.28. The molecule has 93 heavy (non-hydrogen) atoms. The van der Waals surface area contributed by atoms with E-state index in [9.17, 15) is 74.1 Å². The molecule has 0 bridgehead atoms. The summed E-state index contributed by atoms with van der Waals surface area (Å²) in [6, 6.07) is 36.3. The van der Waals surface area contributed by atoms with E-state index in [1.54, 1.807) is 72.8 Å². The largest absolute Gasteiger partial charge is 0.477 e. The first kappa shape index (κ1) is 73.0. The van der Waals surface area contributed by atoms with Crippen LogP contribution in [-0.2, 0) is 38.1 Å². The van der Waals surface area contributed by atoms with Gasteiger partial charge in [0, 0.05) is 80.8 Å². The standard InChI is InChI=1S/C67H81N5O19S2/c1-41(74)71-56-52(77)36-66(40-73,90-60(56)58(81)54(79)38-69-63(84)49-23-17-45(18-24-49)43-12-5-3-6-13-43)88-30-10-34-93-35-29-68-62(83)48-27-21-47(22-28-48)51(76)16-9-32-92-33-11-31-89-67(65(86)87)37-53(78)57(72-42(2)75)61(91-67)59(82)55(80)39-70-64(85)50-25-19-46(20-26-50)44-14-7-4-8-15-44/h3-8,12-15,17-28,40,52-61,77-82H,9-11,16,29-39H2,1-2H3,(H,68,83)(H,69,84)(H,70,85)(H,71,74)(H,72,75)(H,86,87)/t52-,53-,54+,55+,56+,57+,58+,59+,60+,61+,66+,67+/m0/s1. The molecule has 5 aromatic rings. The van der Waals surface area contributed by atoms with Gasteiger partial charge in [0.15, 0.2) is 12.1 Å². The zero-order valence-electron chi connectivity index (χ0n) is 51.5. The highest BCUT2D eigenvalue weighted by Crippen LogP contribution is 2.35. The molecule has 2 aliphatic rings. The summed E-state index contributed by atoms with van der Waals surface area (Å²) in [5.41, 5.74) is 5.03. The average Bonchev–Trinajstić information content (AvgIpc) is 0.822. The van der Waals surface area contributed by atoms with Crippen LogP contribution in [0.25, 0.3) is 22.3 Å². The first-order valence-corrected chi connectivity index (χ1v) is 32.8. The second-order valence-electron chi connectivity index (χ2n) is 22.6. The van der Waals surface area contributed by atoms with E-state index in [1.807, 2.05) is 60.7 Å². The van der Waals surface area contributed by atoms with Gasteiger partial charge in [-0.3, -0.25) is 33.6 Å². The van der Waals surface area contributed by atoms with E-state index in [0.717, 1.165) is 29.2 Å². The first-order valence-electron chi connectivity index (χ1n) is 30.5. The Kier molecular flexibility index (Phi) is 28.0. The van der Waals surface area contributed by atoms with E-state index >= 15 is 0 Å². The number of Topliss-reactive ketones (excluding diaryl/α,β-unsaturated/α-hetero) is 1. The molecule has 26 heteroatoms. The Hall–Kier alpha value is -7.44. The molecule has 7 rings (SSSR count). The third kappa shape index (κ3) is 21.0. The summed E-state index contributed by atoms with van der Waals surface area (Å²) in [5.74, 6) is -6.78. The monoisotopic (exact) mass is 1320 g/mol. The van der Waals surface area contributed by atoms with Crippen molar-refractivity contribution in [1.29, 1.82) is 0 Å². The van der Waals surface area contributed by atoms with Gasteiger partial charge in [-0.2, -0.15) is 23.5 Å². The molecule has 0 aromatic heterocycles. The van der Waals surface area contributed by atoms with Crippen molar-refractivity contribution >= 4 is 71.1 Å². The number of hydrogen-bond acceptors (Lipinski definition) is 20. The number of nitrogens with one attached hydrogen (secondary N) is 5. The number of aliphatic carboxylic acids is 1. The smallest absolute Gasteiger partial charge is 0.364 e.